The molecule has 7 heteroatoms. The normalized spacial score (nSPS) is 15.9. The summed E-state index contributed by atoms with van der Waals surface area (Å²) < 4.78 is 4.47. The number of rotatable bonds is 3. The van der Waals surface area contributed by atoms with Gasteiger partial charge in [0.25, 0.3) is 0 Å². The summed E-state index contributed by atoms with van der Waals surface area (Å²) in [6, 6.07) is 9.33. The van der Waals surface area contributed by atoms with E-state index >= 15 is 0 Å². The molecule has 1 aliphatic heterocycles. The third-order valence-corrected chi connectivity index (χ3v) is 6.02. The van der Waals surface area contributed by atoms with Gasteiger partial charge in [-0.3, -0.25) is 9.67 Å². The van der Waals surface area contributed by atoms with Crippen molar-refractivity contribution < 1.29 is 14.8 Å². The lowest BCUT2D eigenvalue weighted by molar-refractivity contribution is -0.402. The summed E-state index contributed by atoms with van der Waals surface area (Å²) in [5, 5.41) is 27.7. The Labute approximate surface area is 168 Å². The number of phenolic OH excluding ortho intramolecular Hbond substituents is 2. The van der Waals surface area contributed by atoms with Crippen molar-refractivity contribution >= 4 is 23.6 Å². The van der Waals surface area contributed by atoms with Crippen LogP contribution in [0.5, 0.6) is 11.5 Å². The largest absolute Gasteiger partial charge is 0.508 e. The zero-order valence-corrected chi connectivity index (χ0v) is 17.1. The fourth-order valence-electron chi connectivity index (χ4n) is 3.84. The Balaban J connectivity index is 1.90. The molecule has 2 aromatic carbocycles. The van der Waals surface area contributed by atoms with Crippen molar-refractivity contribution in [3.05, 3.63) is 46.2 Å². The van der Waals surface area contributed by atoms with Crippen molar-refractivity contribution in [2.75, 3.05) is 7.05 Å². The highest BCUT2D eigenvalue weighted by Crippen LogP contribution is 2.38. The van der Waals surface area contributed by atoms with Crippen LogP contribution in [0.4, 0.5) is 5.69 Å². The summed E-state index contributed by atoms with van der Waals surface area (Å²) in [7, 11) is 2.08. The molecule has 0 fully saturated rings. The number of benzene rings is 2. The molecule has 6 nitrogen and oxygen atoms in total. The Bertz CT molecular complexity index is 1190. The van der Waals surface area contributed by atoms with Gasteiger partial charge in [0, 0.05) is 24.6 Å². The van der Waals surface area contributed by atoms with E-state index in [1.54, 1.807) is 6.07 Å². The molecule has 1 aliphatic rings. The predicted octanol–water partition coefficient (Wildman–Crippen LogP) is 4.42. The zero-order valence-electron chi connectivity index (χ0n) is 16.3. The molecule has 3 aromatic rings. The summed E-state index contributed by atoms with van der Waals surface area (Å²) in [5.74, 6) is 0.864. The number of hydrogen-bond donors (Lipinski definition) is 3. The van der Waals surface area contributed by atoms with E-state index < -0.39 is 0 Å². The quantitative estimate of drug-likeness (QED) is 0.453. The van der Waals surface area contributed by atoms with Gasteiger partial charge in [-0.15, -0.1) is 0 Å². The van der Waals surface area contributed by atoms with Gasteiger partial charge in [-0.2, -0.15) is 5.10 Å². The maximum atomic E-state index is 10.4. The molecule has 2 heterocycles. The number of aryl methyl sites for hydroxylation is 1. The second-order valence-electron chi connectivity index (χ2n) is 7.20. The number of phenols is 2. The number of nitrogens with one attached hydrogen (secondary N) is 1. The van der Waals surface area contributed by atoms with Crippen LogP contribution in [0.25, 0.3) is 17.1 Å². The first-order valence-corrected chi connectivity index (χ1v) is 9.68. The summed E-state index contributed by atoms with van der Waals surface area (Å²) in [6.07, 6.45) is 0.641. The Morgan fingerprint density at radius 2 is 1.96 bits per heavy atom. The van der Waals surface area contributed by atoms with Crippen LogP contribution in [-0.2, 0) is 6.42 Å². The predicted molar refractivity (Wildman–Crippen MR) is 112 cm³/mol. The zero-order chi connectivity index (χ0) is 20.2. The Kier molecular flexibility index (Phi) is 4.34. The molecule has 3 N–H and O–H groups in total. The van der Waals surface area contributed by atoms with Gasteiger partial charge in [0.05, 0.1) is 17.2 Å². The summed E-state index contributed by atoms with van der Waals surface area (Å²) in [6.45, 7) is 6.28. The minimum atomic E-state index is -0.0385. The molecule has 0 saturated carbocycles. The molecule has 4 rings (SSSR count). The standard InChI is InChI=1S/C21H22N4O2S/c1-5-13-8-16(19(27)10-18(13)26)20-22-23-21(28)25(20)14-6-7-17-15(9-14)11(2)12(3)24(17)4/h6-11H,5H2,1-4H3,(H2-,22,23,26,27,28)/p+1. The number of aromatic hydroxyl groups is 2. The third-order valence-electron chi connectivity index (χ3n) is 5.74. The summed E-state index contributed by atoms with van der Waals surface area (Å²) in [4.78, 5) is 0. The van der Waals surface area contributed by atoms with Gasteiger partial charge < -0.3 is 10.2 Å². The number of aromatic nitrogens is 3. The van der Waals surface area contributed by atoms with Gasteiger partial charge in [-0.1, -0.05) is 6.92 Å². The molecular weight excluding hydrogens is 372 g/mol. The van der Waals surface area contributed by atoms with E-state index in [0.717, 1.165) is 11.3 Å². The molecule has 0 aliphatic carbocycles. The Hall–Kier alpha value is -2.93. The first-order chi connectivity index (χ1) is 13.3. The highest BCUT2D eigenvalue weighted by atomic mass is 32.1. The van der Waals surface area contributed by atoms with E-state index in [1.165, 1.54) is 23.0 Å². The van der Waals surface area contributed by atoms with Crippen LogP contribution < -0.4 is 0 Å². The van der Waals surface area contributed by atoms with Crippen LogP contribution in [0.3, 0.4) is 0 Å². The average molecular weight is 396 g/mol. The lowest BCUT2D eigenvalue weighted by Gasteiger charge is -2.12. The topological polar surface area (TPSA) is 77.1 Å². The highest BCUT2D eigenvalue weighted by Gasteiger charge is 2.31. The molecule has 1 unspecified atom stereocenters. The second kappa shape index (κ2) is 6.60. The van der Waals surface area contributed by atoms with Gasteiger partial charge in [-0.25, -0.2) is 4.58 Å². The van der Waals surface area contributed by atoms with Crippen molar-refractivity contribution in [3.63, 3.8) is 0 Å². The smallest absolute Gasteiger partial charge is 0.209 e. The summed E-state index contributed by atoms with van der Waals surface area (Å²) in [5.41, 5.74) is 5.86. The maximum absolute atomic E-state index is 10.4. The van der Waals surface area contributed by atoms with Crippen molar-refractivity contribution in [3.8, 4) is 28.6 Å². The van der Waals surface area contributed by atoms with Gasteiger partial charge >= 0.3 is 0 Å². The molecule has 0 amide bonds. The van der Waals surface area contributed by atoms with E-state index in [4.69, 9.17) is 12.2 Å². The highest BCUT2D eigenvalue weighted by molar-refractivity contribution is 7.71. The lowest BCUT2D eigenvalue weighted by atomic mass is 9.98. The molecule has 28 heavy (non-hydrogen) atoms. The van der Waals surface area contributed by atoms with Gasteiger partial charge in [0.15, 0.2) is 16.3 Å². The number of aromatic amines is 1. The van der Waals surface area contributed by atoms with Crippen LogP contribution in [-0.4, -0.2) is 42.3 Å². The first-order valence-electron chi connectivity index (χ1n) is 9.27. The number of fused-ring (bicyclic) bond motifs is 1. The molecule has 1 atom stereocenters. The fourth-order valence-corrected chi connectivity index (χ4v) is 4.08. The fraction of sp³-hybridized carbons (Fsp3) is 0.286. The van der Waals surface area contributed by atoms with Crippen LogP contribution >= 0.6 is 12.2 Å². The average Bonchev–Trinajstić information content (AvgIpc) is 3.15. The van der Waals surface area contributed by atoms with Crippen molar-refractivity contribution in [1.82, 2.24) is 14.8 Å². The van der Waals surface area contributed by atoms with Crippen molar-refractivity contribution in [1.29, 1.82) is 0 Å². The summed E-state index contributed by atoms with van der Waals surface area (Å²) >= 11 is 5.49. The van der Waals surface area contributed by atoms with Crippen LogP contribution in [0.1, 0.15) is 37.8 Å². The van der Waals surface area contributed by atoms with Crippen molar-refractivity contribution in [2.24, 2.45) is 0 Å². The first kappa shape index (κ1) is 18.4. The third kappa shape index (κ3) is 2.65. The number of hydrogen-bond acceptors (Lipinski definition) is 4. The molecule has 0 saturated heterocycles. The van der Waals surface area contributed by atoms with Crippen LogP contribution in [0.15, 0.2) is 30.3 Å². The van der Waals surface area contributed by atoms with E-state index in [1.807, 2.05) is 17.6 Å². The lowest BCUT2D eigenvalue weighted by Crippen LogP contribution is -2.06. The van der Waals surface area contributed by atoms with E-state index in [0.29, 0.717) is 28.5 Å². The van der Waals surface area contributed by atoms with Gasteiger partial charge in [0.1, 0.15) is 18.5 Å². The van der Waals surface area contributed by atoms with E-state index in [-0.39, 0.29) is 11.5 Å². The second-order valence-corrected chi connectivity index (χ2v) is 7.59. The van der Waals surface area contributed by atoms with E-state index in [2.05, 4.69) is 47.8 Å². The molecule has 0 bridgehead atoms. The monoisotopic (exact) mass is 395 g/mol. The number of H-pyrrole nitrogens is 1. The molecule has 0 spiro atoms. The van der Waals surface area contributed by atoms with Gasteiger partial charge in [0.2, 0.25) is 5.69 Å². The van der Waals surface area contributed by atoms with Crippen LogP contribution in [0, 0.1) is 4.77 Å². The van der Waals surface area contributed by atoms with E-state index in [9.17, 15) is 10.2 Å². The SMILES string of the molecule is CCc1cc(-c2n[nH]c(=S)n2-c2ccc3c(c2)C(C)C(C)=[N+]3C)c(O)cc1O. The van der Waals surface area contributed by atoms with Crippen LogP contribution in [0.2, 0.25) is 0 Å². The minimum Gasteiger partial charge on any atom is -0.508 e. The Morgan fingerprint density at radius 1 is 1.21 bits per heavy atom. The van der Waals surface area contributed by atoms with Crippen molar-refractivity contribution in [2.45, 2.75) is 33.1 Å². The van der Waals surface area contributed by atoms with Gasteiger partial charge in [-0.05, 0) is 49.3 Å². The maximum Gasteiger partial charge on any atom is 0.209 e. The molecule has 0 radical (unpaired) electrons. The minimum absolute atomic E-state index is 0.0385. The Morgan fingerprint density at radius 3 is 2.68 bits per heavy atom. The molecule has 144 valence electrons. The molecular formula is C21H23N4O2S+. The molecule has 1 aromatic heterocycles. The number of nitrogens with zero attached hydrogens (tertiary/aromatic N) is 3.